The number of hydrogen-bond donors (Lipinski definition) is 1. The van der Waals surface area contributed by atoms with Crippen LogP contribution >= 0.6 is 15.9 Å². The molecule has 1 N–H and O–H groups in total. The maximum atomic E-state index is 14.2. The number of aromatic nitrogens is 2. The Labute approximate surface area is 206 Å². The molecule has 0 spiro atoms. The molecule has 2 aromatic rings. The molecule has 0 atom stereocenters. The summed E-state index contributed by atoms with van der Waals surface area (Å²) >= 11 is 2.97. The van der Waals surface area contributed by atoms with Gasteiger partial charge in [-0.1, -0.05) is 0 Å². The summed E-state index contributed by atoms with van der Waals surface area (Å²) < 4.78 is 33.3. The summed E-state index contributed by atoms with van der Waals surface area (Å²) in [5.74, 6) is 0.259. The molecule has 2 heterocycles. The van der Waals surface area contributed by atoms with Crippen molar-refractivity contribution in [2.24, 2.45) is 5.92 Å². The minimum atomic E-state index is -0.691. The fourth-order valence-electron chi connectivity index (χ4n) is 3.60. The van der Waals surface area contributed by atoms with Crippen LogP contribution in [0.25, 0.3) is 0 Å². The highest BCUT2D eigenvalue weighted by molar-refractivity contribution is 9.10. The normalized spacial score (nSPS) is 15.1. The van der Waals surface area contributed by atoms with E-state index in [1.165, 1.54) is 6.33 Å². The van der Waals surface area contributed by atoms with Crippen LogP contribution in [0, 0.1) is 17.6 Å². The van der Waals surface area contributed by atoms with Crippen LogP contribution in [-0.2, 0) is 9.57 Å². The first-order valence-electron chi connectivity index (χ1n) is 11.2. The number of benzene rings is 1. The zero-order valence-electron chi connectivity index (χ0n) is 19.8. The number of nitrogens with one attached hydrogen (secondary N) is 1. The number of carbonyl (C=O) groups is 1. The maximum absolute atomic E-state index is 14.2. The van der Waals surface area contributed by atoms with E-state index in [2.05, 4.69) is 36.1 Å². The van der Waals surface area contributed by atoms with Crippen molar-refractivity contribution in [1.82, 2.24) is 15.0 Å². The summed E-state index contributed by atoms with van der Waals surface area (Å²) in [5, 5.41) is 4.46. The molecule has 8 nitrogen and oxygen atoms in total. The Morgan fingerprint density at radius 2 is 1.91 bits per heavy atom. The zero-order chi connectivity index (χ0) is 24.9. The molecule has 0 aliphatic carbocycles. The van der Waals surface area contributed by atoms with Crippen LogP contribution in [0.4, 0.5) is 30.9 Å². The monoisotopic (exact) mass is 541 g/mol. The van der Waals surface area contributed by atoms with E-state index in [4.69, 9.17) is 9.57 Å². The van der Waals surface area contributed by atoms with E-state index in [1.807, 2.05) is 6.92 Å². The van der Waals surface area contributed by atoms with Gasteiger partial charge in [0.1, 0.15) is 35.2 Å². The van der Waals surface area contributed by atoms with Crippen LogP contribution in [0.2, 0.25) is 0 Å². The van der Waals surface area contributed by atoms with Crippen LogP contribution in [0.15, 0.2) is 29.0 Å². The second-order valence-electron chi connectivity index (χ2n) is 9.10. The van der Waals surface area contributed by atoms with Gasteiger partial charge >= 0.3 is 6.16 Å². The minimum Gasteiger partial charge on any atom is -0.427 e. The number of carbonyl (C=O) groups excluding carboxylic acids is 1. The standard InChI is InChI=1S/C23H30BrF2N5O3/c1-5-30(13-15-6-8-31(9-7-15)34-22(32)33-23(2,3)4)21-12-20(27-14-28-21)29-19-11-17(25)16(24)10-18(19)26/h10-12,14-15H,5-9,13H2,1-4H3,(H,27,28,29). The first kappa shape index (κ1) is 26.1. The van der Waals surface area contributed by atoms with Crippen molar-refractivity contribution in [2.45, 2.75) is 46.1 Å². The Morgan fingerprint density at radius 1 is 1.21 bits per heavy atom. The number of ether oxygens (including phenoxy) is 1. The van der Waals surface area contributed by atoms with Gasteiger partial charge in [0.25, 0.3) is 0 Å². The van der Waals surface area contributed by atoms with Crippen LogP contribution in [0.1, 0.15) is 40.5 Å². The van der Waals surface area contributed by atoms with E-state index in [0.29, 0.717) is 37.2 Å². The second-order valence-corrected chi connectivity index (χ2v) is 9.95. The summed E-state index contributed by atoms with van der Waals surface area (Å²) in [4.78, 5) is 27.8. The van der Waals surface area contributed by atoms with Crippen LogP contribution in [0.3, 0.4) is 0 Å². The number of piperidine rings is 1. The zero-order valence-corrected chi connectivity index (χ0v) is 21.4. The van der Waals surface area contributed by atoms with Crippen LogP contribution in [-0.4, -0.2) is 53.0 Å². The van der Waals surface area contributed by atoms with Crippen molar-refractivity contribution in [3.63, 3.8) is 0 Å². The Bertz CT molecular complexity index is 997. The first-order chi connectivity index (χ1) is 16.0. The number of hydrogen-bond acceptors (Lipinski definition) is 8. The molecule has 0 saturated carbocycles. The third kappa shape index (κ3) is 7.49. The lowest BCUT2D eigenvalue weighted by molar-refractivity contribution is -0.154. The van der Waals surface area contributed by atoms with Gasteiger partial charge < -0.3 is 19.8 Å². The summed E-state index contributed by atoms with van der Waals surface area (Å²) in [5.41, 5.74) is -0.606. The smallest absolute Gasteiger partial charge is 0.427 e. The molecule has 1 fully saturated rings. The predicted octanol–water partition coefficient (Wildman–Crippen LogP) is 5.67. The second kappa shape index (κ2) is 11.3. The summed E-state index contributed by atoms with van der Waals surface area (Å²) in [6, 6.07) is 3.85. The van der Waals surface area contributed by atoms with Gasteiger partial charge in [0.05, 0.1) is 10.2 Å². The number of nitrogens with zero attached hydrogens (tertiary/aromatic N) is 4. The average Bonchev–Trinajstić information content (AvgIpc) is 2.76. The SMILES string of the molecule is CCN(CC1CCN(OC(=O)OC(C)(C)C)CC1)c1cc(Nc2cc(F)c(Br)cc2F)ncn1. The fraction of sp³-hybridized carbons (Fsp3) is 0.522. The number of anilines is 3. The van der Waals surface area contributed by atoms with Crippen molar-refractivity contribution >= 4 is 39.4 Å². The van der Waals surface area contributed by atoms with Gasteiger partial charge in [-0.2, -0.15) is 0 Å². The Kier molecular flexibility index (Phi) is 8.64. The molecule has 186 valence electrons. The van der Waals surface area contributed by atoms with Gasteiger partial charge in [-0.3, -0.25) is 0 Å². The lowest BCUT2D eigenvalue weighted by atomic mass is 9.97. The van der Waals surface area contributed by atoms with Gasteiger partial charge in [-0.15, -0.1) is 5.06 Å². The molecular formula is C23H30BrF2N5O3. The largest absolute Gasteiger partial charge is 0.528 e. The lowest BCUT2D eigenvalue weighted by Crippen LogP contribution is -2.40. The quantitative estimate of drug-likeness (QED) is 0.355. The van der Waals surface area contributed by atoms with Gasteiger partial charge in [0, 0.05) is 38.3 Å². The maximum Gasteiger partial charge on any atom is 0.528 e. The molecule has 0 amide bonds. The van der Waals surface area contributed by atoms with Gasteiger partial charge in [0.2, 0.25) is 0 Å². The third-order valence-electron chi connectivity index (χ3n) is 5.28. The van der Waals surface area contributed by atoms with Crippen LogP contribution < -0.4 is 10.2 Å². The van der Waals surface area contributed by atoms with E-state index >= 15 is 0 Å². The summed E-state index contributed by atoms with van der Waals surface area (Å²) in [6.07, 6.45) is 2.40. The van der Waals surface area contributed by atoms with Crippen molar-refractivity contribution in [2.75, 3.05) is 36.4 Å². The van der Waals surface area contributed by atoms with Crippen molar-refractivity contribution in [1.29, 1.82) is 0 Å². The highest BCUT2D eigenvalue weighted by Gasteiger charge is 2.26. The summed E-state index contributed by atoms with van der Waals surface area (Å²) in [6.45, 7) is 10.1. The van der Waals surface area contributed by atoms with Crippen molar-refractivity contribution < 1.29 is 23.1 Å². The van der Waals surface area contributed by atoms with Gasteiger partial charge in [0.15, 0.2) is 0 Å². The van der Waals surface area contributed by atoms with E-state index < -0.39 is 23.4 Å². The molecule has 1 saturated heterocycles. The number of hydroxylamine groups is 2. The Hall–Kier alpha value is -2.53. The van der Waals surface area contributed by atoms with Crippen LogP contribution in [0.5, 0.6) is 0 Å². The van der Waals surface area contributed by atoms with Gasteiger partial charge in [-0.05, 0) is 68.5 Å². The molecule has 34 heavy (non-hydrogen) atoms. The number of halogens is 3. The Balaban J connectivity index is 1.57. The molecular weight excluding hydrogens is 512 g/mol. The average molecular weight is 542 g/mol. The first-order valence-corrected chi connectivity index (χ1v) is 12.0. The predicted molar refractivity (Wildman–Crippen MR) is 129 cm³/mol. The van der Waals surface area contributed by atoms with E-state index in [9.17, 15) is 13.6 Å². The topological polar surface area (TPSA) is 79.8 Å². The van der Waals surface area contributed by atoms with Gasteiger partial charge in [-0.25, -0.2) is 23.5 Å². The van der Waals surface area contributed by atoms with Crippen molar-refractivity contribution in [3.8, 4) is 0 Å². The van der Waals surface area contributed by atoms with E-state index in [-0.39, 0.29) is 10.2 Å². The molecule has 1 aromatic carbocycles. The molecule has 1 aromatic heterocycles. The molecule has 1 aliphatic heterocycles. The number of rotatable bonds is 7. The van der Waals surface area contributed by atoms with E-state index in [0.717, 1.165) is 31.5 Å². The fourth-order valence-corrected chi connectivity index (χ4v) is 3.91. The lowest BCUT2D eigenvalue weighted by Gasteiger charge is -2.34. The minimum absolute atomic E-state index is 0.00856. The van der Waals surface area contributed by atoms with Crippen molar-refractivity contribution in [3.05, 3.63) is 40.6 Å². The molecule has 1 aliphatic rings. The molecule has 3 rings (SSSR count). The molecule has 11 heteroatoms. The third-order valence-corrected chi connectivity index (χ3v) is 5.88. The Morgan fingerprint density at radius 3 is 2.56 bits per heavy atom. The highest BCUT2D eigenvalue weighted by Crippen LogP contribution is 2.27. The van der Waals surface area contributed by atoms with E-state index in [1.54, 1.807) is 31.9 Å². The molecule has 0 bridgehead atoms. The molecule has 0 radical (unpaired) electrons. The summed E-state index contributed by atoms with van der Waals surface area (Å²) in [7, 11) is 0. The molecule has 0 unspecified atom stereocenters. The highest BCUT2D eigenvalue weighted by atomic mass is 79.9.